The van der Waals surface area contributed by atoms with E-state index in [9.17, 15) is 0 Å². The Morgan fingerprint density at radius 2 is 1.92 bits per heavy atom. The van der Waals surface area contributed by atoms with Gasteiger partial charge in [-0.2, -0.15) is 0 Å². The number of allylic oxidation sites excluding steroid dienone is 2. The smallest absolute Gasteiger partial charge is 0.00953 e. The fourth-order valence-electron chi connectivity index (χ4n) is 2.90. The maximum Gasteiger partial charge on any atom is -0.00953 e. The minimum atomic E-state index is 0.533. The summed E-state index contributed by atoms with van der Waals surface area (Å²) in [7, 11) is 0. The van der Waals surface area contributed by atoms with Gasteiger partial charge in [-0.3, -0.25) is 0 Å². The van der Waals surface area contributed by atoms with Gasteiger partial charge < -0.3 is 0 Å². The van der Waals surface area contributed by atoms with Gasteiger partial charge in [0.1, 0.15) is 0 Å². The Hall–Kier alpha value is -0.260. The molecule has 0 radical (unpaired) electrons. The third kappa shape index (κ3) is 2.15. The summed E-state index contributed by atoms with van der Waals surface area (Å²) in [4.78, 5) is 0. The van der Waals surface area contributed by atoms with E-state index < -0.39 is 0 Å². The second-order valence-electron chi connectivity index (χ2n) is 4.38. The van der Waals surface area contributed by atoms with Gasteiger partial charge in [0.25, 0.3) is 0 Å². The molecule has 0 aromatic rings. The summed E-state index contributed by atoms with van der Waals surface area (Å²) in [6.07, 6.45) is 13.1. The van der Waals surface area contributed by atoms with E-state index in [1.54, 1.807) is 0 Å². The summed E-state index contributed by atoms with van der Waals surface area (Å²) in [6, 6.07) is 0. The van der Waals surface area contributed by atoms with Gasteiger partial charge in [0.05, 0.1) is 0 Å². The van der Waals surface area contributed by atoms with Crippen LogP contribution in [0.5, 0.6) is 0 Å². The standard InChI is InChI=1S/C13H24/c1-4-12-10-8-7-9-11-13(12,5-2)6-3/h9,11-12H,4-8,10H2,1-3H3. The van der Waals surface area contributed by atoms with E-state index in [2.05, 4.69) is 32.9 Å². The molecule has 0 aliphatic heterocycles. The fraction of sp³-hybridized carbons (Fsp3) is 0.846. The summed E-state index contributed by atoms with van der Waals surface area (Å²) >= 11 is 0. The molecule has 0 heteroatoms. The van der Waals surface area contributed by atoms with Crippen LogP contribution in [0, 0.1) is 11.3 Å². The molecule has 0 N–H and O–H groups in total. The van der Waals surface area contributed by atoms with Crippen molar-refractivity contribution in [1.82, 2.24) is 0 Å². The molecule has 0 aromatic carbocycles. The summed E-state index contributed by atoms with van der Waals surface area (Å²) in [5, 5.41) is 0. The van der Waals surface area contributed by atoms with Gasteiger partial charge in [-0.25, -0.2) is 0 Å². The zero-order valence-electron chi connectivity index (χ0n) is 9.47. The van der Waals surface area contributed by atoms with E-state index in [0.29, 0.717) is 5.41 Å². The SMILES string of the molecule is CCC1CCCC=CC1(CC)CC. The minimum Gasteiger partial charge on any atom is -0.0880 e. The molecular formula is C13H24. The Morgan fingerprint density at radius 1 is 1.23 bits per heavy atom. The van der Waals surface area contributed by atoms with Crippen molar-refractivity contribution in [3.05, 3.63) is 12.2 Å². The zero-order chi connectivity index (χ0) is 9.73. The second-order valence-corrected chi connectivity index (χ2v) is 4.38. The predicted molar refractivity (Wildman–Crippen MR) is 59.8 cm³/mol. The lowest BCUT2D eigenvalue weighted by Crippen LogP contribution is -2.26. The van der Waals surface area contributed by atoms with Crippen LogP contribution in [0.4, 0.5) is 0 Å². The lowest BCUT2D eigenvalue weighted by Gasteiger charge is -2.36. The van der Waals surface area contributed by atoms with Crippen LogP contribution in [0.15, 0.2) is 12.2 Å². The molecule has 0 amide bonds. The van der Waals surface area contributed by atoms with E-state index in [1.165, 1.54) is 38.5 Å². The van der Waals surface area contributed by atoms with Crippen LogP contribution in [-0.2, 0) is 0 Å². The van der Waals surface area contributed by atoms with Gasteiger partial charge in [0.15, 0.2) is 0 Å². The van der Waals surface area contributed by atoms with Crippen molar-refractivity contribution < 1.29 is 0 Å². The summed E-state index contributed by atoms with van der Waals surface area (Å²) in [5.41, 5.74) is 0.533. The number of hydrogen-bond donors (Lipinski definition) is 0. The Kier molecular flexibility index (Phi) is 4.02. The van der Waals surface area contributed by atoms with Crippen LogP contribution < -0.4 is 0 Å². The highest BCUT2D eigenvalue weighted by molar-refractivity contribution is 5.04. The maximum absolute atomic E-state index is 2.52. The van der Waals surface area contributed by atoms with E-state index >= 15 is 0 Å². The second kappa shape index (κ2) is 4.83. The number of hydrogen-bond acceptors (Lipinski definition) is 0. The summed E-state index contributed by atoms with van der Waals surface area (Å²) in [5.74, 6) is 0.932. The third-order valence-corrected chi connectivity index (χ3v) is 4.00. The third-order valence-electron chi connectivity index (χ3n) is 4.00. The van der Waals surface area contributed by atoms with Crippen LogP contribution in [0.25, 0.3) is 0 Å². The Labute approximate surface area is 83.4 Å². The molecule has 0 saturated carbocycles. The van der Waals surface area contributed by atoms with E-state index in [1.807, 2.05) is 0 Å². The van der Waals surface area contributed by atoms with Crippen LogP contribution >= 0.6 is 0 Å². The van der Waals surface area contributed by atoms with Gasteiger partial charge in [0, 0.05) is 0 Å². The van der Waals surface area contributed by atoms with Gasteiger partial charge >= 0.3 is 0 Å². The molecule has 0 saturated heterocycles. The van der Waals surface area contributed by atoms with Crippen molar-refractivity contribution >= 4 is 0 Å². The lowest BCUT2D eigenvalue weighted by atomic mass is 9.69. The van der Waals surface area contributed by atoms with Gasteiger partial charge in [-0.1, -0.05) is 39.3 Å². The molecule has 0 nitrogen and oxygen atoms in total. The van der Waals surface area contributed by atoms with Gasteiger partial charge in [-0.15, -0.1) is 0 Å². The quantitative estimate of drug-likeness (QED) is 0.558. The molecule has 0 heterocycles. The Balaban J connectivity index is 2.83. The highest BCUT2D eigenvalue weighted by Crippen LogP contribution is 2.43. The Bertz CT molecular complexity index is 163. The average molecular weight is 180 g/mol. The van der Waals surface area contributed by atoms with Crippen LogP contribution in [0.3, 0.4) is 0 Å². The molecule has 0 aromatic heterocycles. The molecule has 0 bridgehead atoms. The maximum atomic E-state index is 2.52. The van der Waals surface area contributed by atoms with Crippen molar-refractivity contribution in [1.29, 1.82) is 0 Å². The van der Waals surface area contributed by atoms with Crippen molar-refractivity contribution in [3.8, 4) is 0 Å². The number of rotatable bonds is 3. The van der Waals surface area contributed by atoms with Crippen LogP contribution in [-0.4, -0.2) is 0 Å². The lowest BCUT2D eigenvalue weighted by molar-refractivity contribution is 0.193. The summed E-state index contributed by atoms with van der Waals surface area (Å²) < 4.78 is 0. The normalized spacial score (nSPS) is 27.2. The first-order valence-corrected chi connectivity index (χ1v) is 5.96. The van der Waals surface area contributed by atoms with E-state index in [0.717, 1.165) is 5.92 Å². The first-order valence-electron chi connectivity index (χ1n) is 5.96. The van der Waals surface area contributed by atoms with Crippen LogP contribution in [0.1, 0.15) is 59.3 Å². The molecule has 0 fully saturated rings. The minimum absolute atomic E-state index is 0.533. The highest BCUT2D eigenvalue weighted by Gasteiger charge is 2.32. The van der Waals surface area contributed by atoms with Crippen molar-refractivity contribution in [2.24, 2.45) is 11.3 Å². The van der Waals surface area contributed by atoms with Crippen molar-refractivity contribution in [2.45, 2.75) is 59.3 Å². The predicted octanol–water partition coefficient (Wildman–Crippen LogP) is 4.56. The van der Waals surface area contributed by atoms with Gasteiger partial charge in [-0.05, 0) is 43.4 Å². The van der Waals surface area contributed by atoms with E-state index in [4.69, 9.17) is 0 Å². The Morgan fingerprint density at radius 3 is 2.46 bits per heavy atom. The van der Waals surface area contributed by atoms with Crippen molar-refractivity contribution in [2.75, 3.05) is 0 Å². The molecular weight excluding hydrogens is 156 g/mol. The molecule has 13 heavy (non-hydrogen) atoms. The van der Waals surface area contributed by atoms with Crippen LogP contribution in [0.2, 0.25) is 0 Å². The first kappa shape index (κ1) is 10.8. The topological polar surface area (TPSA) is 0 Å². The molecule has 1 aliphatic rings. The molecule has 1 atom stereocenters. The van der Waals surface area contributed by atoms with Gasteiger partial charge in [0.2, 0.25) is 0 Å². The largest absolute Gasteiger partial charge is 0.0880 e. The molecule has 1 rings (SSSR count). The molecule has 1 unspecified atom stereocenters. The van der Waals surface area contributed by atoms with Crippen molar-refractivity contribution in [3.63, 3.8) is 0 Å². The zero-order valence-corrected chi connectivity index (χ0v) is 9.47. The van der Waals surface area contributed by atoms with E-state index in [-0.39, 0.29) is 0 Å². The molecule has 1 aliphatic carbocycles. The highest BCUT2D eigenvalue weighted by atomic mass is 14.4. The summed E-state index contributed by atoms with van der Waals surface area (Å²) in [6.45, 7) is 7.05. The monoisotopic (exact) mass is 180 g/mol. The first-order chi connectivity index (χ1) is 6.29. The fourth-order valence-corrected chi connectivity index (χ4v) is 2.90. The molecule has 0 spiro atoms. The average Bonchev–Trinajstić information content (AvgIpc) is 2.39. The molecule has 76 valence electrons.